The quantitative estimate of drug-likeness (QED) is 0.939. The Balaban J connectivity index is 1.74. The maximum atomic E-state index is 12.5. The highest BCUT2D eigenvalue weighted by atomic mass is 35.5. The van der Waals surface area contributed by atoms with Crippen molar-refractivity contribution in [1.29, 1.82) is 0 Å². The molecule has 0 aliphatic carbocycles. The Morgan fingerprint density at radius 1 is 1.35 bits per heavy atom. The molecule has 0 bridgehead atoms. The third-order valence-electron chi connectivity index (χ3n) is 3.90. The van der Waals surface area contributed by atoms with Gasteiger partial charge in [-0.2, -0.15) is 0 Å². The van der Waals surface area contributed by atoms with Gasteiger partial charge in [0.05, 0.1) is 10.7 Å². The first-order chi connectivity index (χ1) is 11.0. The summed E-state index contributed by atoms with van der Waals surface area (Å²) in [7, 11) is 0. The number of aryl methyl sites for hydroxylation is 2. The minimum atomic E-state index is -0.566. The maximum Gasteiger partial charge on any atom is 0.287 e. The number of hydrogen-bond acceptors (Lipinski definition) is 3. The smallest absolute Gasteiger partial charge is 0.287 e. The van der Waals surface area contributed by atoms with Crippen LogP contribution in [0.2, 0.25) is 5.02 Å². The number of halogens is 1. The molecular weight excluding hydrogens is 316 g/mol. The van der Waals surface area contributed by atoms with Crippen molar-refractivity contribution < 1.29 is 14.0 Å². The second kappa shape index (κ2) is 6.08. The van der Waals surface area contributed by atoms with E-state index in [-0.39, 0.29) is 17.6 Å². The van der Waals surface area contributed by atoms with Crippen LogP contribution in [-0.4, -0.2) is 24.4 Å². The molecule has 1 saturated heterocycles. The van der Waals surface area contributed by atoms with Crippen LogP contribution < -0.4 is 10.2 Å². The Morgan fingerprint density at radius 3 is 2.74 bits per heavy atom. The lowest BCUT2D eigenvalue weighted by molar-refractivity contribution is -0.118. The molecule has 1 aromatic carbocycles. The highest BCUT2D eigenvalue weighted by Crippen LogP contribution is 2.29. The van der Waals surface area contributed by atoms with Crippen LogP contribution in [0, 0.1) is 13.8 Å². The summed E-state index contributed by atoms with van der Waals surface area (Å²) < 4.78 is 5.39. The maximum absolute atomic E-state index is 12.5. The predicted molar refractivity (Wildman–Crippen MR) is 87.9 cm³/mol. The molecule has 1 aliphatic heterocycles. The lowest BCUT2D eigenvalue weighted by Crippen LogP contribution is -2.41. The van der Waals surface area contributed by atoms with Crippen LogP contribution >= 0.6 is 11.6 Å². The summed E-state index contributed by atoms with van der Waals surface area (Å²) in [5.41, 5.74) is 1.43. The van der Waals surface area contributed by atoms with Crippen LogP contribution in [0.25, 0.3) is 0 Å². The average Bonchev–Trinajstić information content (AvgIpc) is 3.03. The predicted octanol–water partition coefficient (Wildman–Crippen LogP) is 3.09. The van der Waals surface area contributed by atoms with E-state index in [1.165, 1.54) is 0 Å². The molecule has 1 N–H and O–H groups in total. The summed E-state index contributed by atoms with van der Waals surface area (Å²) in [6.45, 7) is 4.10. The SMILES string of the molecule is Cc1cc(C)c(C(=O)NC2CCN(c3ccccc3Cl)C2=O)o1. The number of para-hydroxylation sites is 1. The van der Waals surface area contributed by atoms with Crippen molar-refractivity contribution in [3.63, 3.8) is 0 Å². The summed E-state index contributed by atoms with van der Waals surface area (Å²) in [6.07, 6.45) is 0.536. The monoisotopic (exact) mass is 332 g/mol. The van der Waals surface area contributed by atoms with Gasteiger partial charge in [-0.15, -0.1) is 0 Å². The Kier molecular flexibility index (Phi) is 4.13. The average molecular weight is 333 g/mol. The Morgan fingerprint density at radius 2 is 2.09 bits per heavy atom. The zero-order valence-corrected chi connectivity index (χ0v) is 13.7. The Labute approximate surface area is 139 Å². The fourth-order valence-corrected chi connectivity index (χ4v) is 3.05. The van der Waals surface area contributed by atoms with Crippen molar-refractivity contribution in [2.24, 2.45) is 0 Å². The van der Waals surface area contributed by atoms with Gasteiger partial charge in [0.1, 0.15) is 11.8 Å². The molecule has 1 aliphatic rings. The minimum Gasteiger partial charge on any atom is -0.456 e. The van der Waals surface area contributed by atoms with Gasteiger partial charge in [0.15, 0.2) is 5.76 Å². The number of benzene rings is 1. The molecule has 3 rings (SSSR count). The van der Waals surface area contributed by atoms with Crippen LogP contribution in [-0.2, 0) is 4.79 Å². The molecule has 0 radical (unpaired) electrons. The largest absolute Gasteiger partial charge is 0.456 e. The highest BCUT2D eigenvalue weighted by molar-refractivity contribution is 6.34. The van der Waals surface area contributed by atoms with E-state index in [1.54, 1.807) is 36.9 Å². The first-order valence-corrected chi connectivity index (χ1v) is 7.79. The number of nitrogens with one attached hydrogen (secondary N) is 1. The van der Waals surface area contributed by atoms with Gasteiger partial charge in [-0.05, 0) is 38.5 Å². The van der Waals surface area contributed by atoms with Crippen molar-refractivity contribution in [1.82, 2.24) is 5.32 Å². The van der Waals surface area contributed by atoms with E-state index in [9.17, 15) is 9.59 Å². The van der Waals surface area contributed by atoms with E-state index in [1.807, 2.05) is 12.1 Å². The van der Waals surface area contributed by atoms with Crippen LogP contribution in [0.4, 0.5) is 5.69 Å². The summed E-state index contributed by atoms with van der Waals surface area (Å²) >= 11 is 6.15. The minimum absolute atomic E-state index is 0.160. The van der Waals surface area contributed by atoms with Crippen molar-refractivity contribution in [2.75, 3.05) is 11.4 Å². The molecule has 0 spiro atoms. The van der Waals surface area contributed by atoms with Gasteiger partial charge in [-0.25, -0.2) is 0 Å². The van der Waals surface area contributed by atoms with Crippen LogP contribution in [0.15, 0.2) is 34.7 Å². The van der Waals surface area contributed by atoms with E-state index >= 15 is 0 Å². The van der Waals surface area contributed by atoms with Gasteiger partial charge in [-0.1, -0.05) is 23.7 Å². The number of rotatable bonds is 3. The number of carbonyl (C=O) groups is 2. The number of furan rings is 1. The standard InChI is InChI=1S/C17H17ClN2O3/c1-10-9-11(2)23-15(10)16(21)19-13-7-8-20(17(13)22)14-6-4-3-5-12(14)18/h3-6,9,13H,7-8H2,1-2H3,(H,19,21). The van der Waals surface area contributed by atoms with Crippen molar-refractivity contribution >= 4 is 29.1 Å². The number of nitrogens with zero attached hydrogens (tertiary/aromatic N) is 1. The second-order valence-corrected chi connectivity index (χ2v) is 6.03. The van der Waals surface area contributed by atoms with Crippen molar-refractivity contribution in [3.8, 4) is 0 Å². The zero-order valence-electron chi connectivity index (χ0n) is 12.9. The number of hydrogen-bond donors (Lipinski definition) is 1. The van der Waals surface area contributed by atoms with Gasteiger partial charge in [-0.3, -0.25) is 9.59 Å². The van der Waals surface area contributed by atoms with E-state index in [0.29, 0.717) is 29.4 Å². The summed E-state index contributed by atoms with van der Waals surface area (Å²) in [6, 6.07) is 8.41. The fraction of sp³-hybridized carbons (Fsp3) is 0.294. The van der Waals surface area contributed by atoms with E-state index in [4.69, 9.17) is 16.0 Å². The third-order valence-corrected chi connectivity index (χ3v) is 4.22. The normalized spacial score (nSPS) is 17.6. The van der Waals surface area contributed by atoms with E-state index < -0.39 is 6.04 Å². The van der Waals surface area contributed by atoms with Crippen LogP contribution in [0.5, 0.6) is 0 Å². The second-order valence-electron chi connectivity index (χ2n) is 5.63. The molecule has 2 amide bonds. The molecule has 5 nitrogen and oxygen atoms in total. The molecule has 2 heterocycles. The summed E-state index contributed by atoms with van der Waals surface area (Å²) in [5.74, 6) is 0.400. The lowest BCUT2D eigenvalue weighted by atomic mass is 10.2. The number of carbonyl (C=O) groups excluding carboxylic acids is 2. The van der Waals surface area contributed by atoms with Gasteiger partial charge < -0.3 is 14.6 Å². The van der Waals surface area contributed by atoms with Gasteiger partial charge in [0, 0.05) is 12.1 Å². The van der Waals surface area contributed by atoms with Gasteiger partial charge in [0.2, 0.25) is 5.91 Å². The van der Waals surface area contributed by atoms with Crippen LogP contribution in [0.3, 0.4) is 0 Å². The first kappa shape index (κ1) is 15.6. The zero-order chi connectivity index (χ0) is 16.6. The Hall–Kier alpha value is -2.27. The molecule has 1 aromatic heterocycles. The number of amides is 2. The molecule has 1 atom stereocenters. The molecule has 120 valence electrons. The molecule has 23 heavy (non-hydrogen) atoms. The van der Waals surface area contributed by atoms with Crippen molar-refractivity contribution in [2.45, 2.75) is 26.3 Å². The number of anilines is 1. The molecule has 1 unspecified atom stereocenters. The summed E-state index contributed by atoms with van der Waals surface area (Å²) in [5, 5.41) is 3.27. The molecule has 1 fully saturated rings. The van der Waals surface area contributed by atoms with Gasteiger partial charge >= 0.3 is 0 Å². The van der Waals surface area contributed by atoms with Crippen LogP contribution in [0.1, 0.15) is 28.3 Å². The molecule has 0 saturated carbocycles. The van der Waals surface area contributed by atoms with Crippen molar-refractivity contribution in [3.05, 3.63) is 52.4 Å². The molecule has 2 aromatic rings. The highest BCUT2D eigenvalue weighted by Gasteiger charge is 2.35. The lowest BCUT2D eigenvalue weighted by Gasteiger charge is -2.18. The summed E-state index contributed by atoms with van der Waals surface area (Å²) in [4.78, 5) is 26.4. The fourth-order valence-electron chi connectivity index (χ4n) is 2.81. The Bertz CT molecular complexity index is 769. The molecular formula is C17H17ClN2O3. The van der Waals surface area contributed by atoms with E-state index in [2.05, 4.69) is 5.32 Å². The third kappa shape index (κ3) is 2.97. The first-order valence-electron chi connectivity index (χ1n) is 7.41. The molecule has 6 heteroatoms. The topological polar surface area (TPSA) is 62.6 Å². The van der Waals surface area contributed by atoms with E-state index in [0.717, 1.165) is 5.56 Å². The van der Waals surface area contributed by atoms with Gasteiger partial charge in [0.25, 0.3) is 5.91 Å².